The number of nitrogens with one attached hydrogen (secondary N) is 1. The van der Waals surface area contributed by atoms with Crippen LogP contribution < -0.4 is 5.43 Å². The maximum atomic E-state index is 13.2. The molecular weight excluding hydrogens is 263 g/mol. The van der Waals surface area contributed by atoms with Gasteiger partial charge in [-0.15, -0.1) is 11.3 Å². The maximum Gasteiger partial charge on any atom is 0.203 e. The highest BCUT2D eigenvalue weighted by Crippen LogP contribution is 2.15. The van der Waals surface area contributed by atoms with Crippen LogP contribution in [-0.2, 0) is 0 Å². The first-order valence-corrected chi connectivity index (χ1v) is 5.80. The number of aryl methyl sites for hydroxylation is 1. The second kappa shape index (κ2) is 5.18. The SMILES string of the molecule is Cc1csc(NN=Cc2cc(F)cc(F)c2F)n1. The topological polar surface area (TPSA) is 37.3 Å². The molecule has 3 nitrogen and oxygen atoms in total. The van der Waals surface area contributed by atoms with Gasteiger partial charge in [0.05, 0.1) is 11.9 Å². The summed E-state index contributed by atoms with van der Waals surface area (Å²) in [6.07, 6.45) is 0.998. The molecular formula is C11H8F3N3S. The van der Waals surface area contributed by atoms with Crippen molar-refractivity contribution in [3.05, 3.63) is 46.2 Å². The van der Waals surface area contributed by atoms with Crippen LogP contribution in [0, 0.1) is 24.4 Å². The van der Waals surface area contributed by atoms with E-state index in [2.05, 4.69) is 15.5 Å². The fourth-order valence-electron chi connectivity index (χ4n) is 1.23. The molecule has 2 aromatic rings. The quantitative estimate of drug-likeness (QED) is 0.528. The molecule has 0 aliphatic heterocycles. The largest absolute Gasteiger partial charge is 0.253 e. The van der Waals surface area contributed by atoms with Gasteiger partial charge >= 0.3 is 0 Å². The van der Waals surface area contributed by atoms with Crippen LogP contribution in [0.1, 0.15) is 11.3 Å². The fourth-order valence-corrected chi connectivity index (χ4v) is 1.87. The Morgan fingerprint density at radius 2 is 2.11 bits per heavy atom. The maximum absolute atomic E-state index is 13.2. The number of hydrazone groups is 1. The minimum absolute atomic E-state index is 0.270. The van der Waals surface area contributed by atoms with Crippen molar-refractivity contribution in [2.45, 2.75) is 6.92 Å². The molecule has 0 aliphatic rings. The molecule has 0 aliphatic carbocycles. The Morgan fingerprint density at radius 1 is 1.33 bits per heavy atom. The minimum Gasteiger partial charge on any atom is -0.253 e. The highest BCUT2D eigenvalue weighted by atomic mass is 32.1. The minimum atomic E-state index is -1.25. The third-order valence-electron chi connectivity index (χ3n) is 2.00. The smallest absolute Gasteiger partial charge is 0.203 e. The van der Waals surface area contributed by atoms with E-state index >= 15 is 0 Å². The lowest BCUT2D eigenvalue weighted by atomic mass is 10.2. The third kappa shape index (κ3) is 2.86. The number of anilines is 1. The van der Waals surface area contributed by atoms with E-state index in [1.165, 1.54) is 11.3 Å². The molecule has 1 N–H and O–H groups in total. The van der Waals surface area contributed by atoms with Gasteiger partial charge in [0, 0.05) is 17.0 Å². The molecule has 0 radical (unpaired) electrons. The summed E-state index contributed by atoms with van der Waals surface area (Å²) in [5, 5.41) is 5.99. The van der Waals surface area contributed by atoms with E-state index in [1.54, 1.807) is 5.38 Å². The van der Waals surface area contributed by atoms with Gasteiger partial charge in [0.1, 0.15) is 5.82 Å². The summed E-state index contributed by atoms with van der Waals surface area (Å²) in [5.41, 5.74) is 3.10. The van der Waals surface area contributed by atoms with Gasteiger partial charge < -0.3 is 0 Å². The predicted molar refractivity (Wildman–Crippen MR) is 64.4 cm³/mol. The molecule has 7 heteroatoms. The van der Waals surface area contributed by atoms with Crippen LogP contribution in [0.25, 0.3) is 0 Å². The number of thiazole rings is 1. The van der Waals surface area contributed by atoms with Gasteiger partial charge in [-0.3, -0.25) is 5.43 Å². The molecule has 0 amide bonds. The highest BCUT2D eigenvalue weighted by molar-refractivity contribution is 7.13. The monoisotopic (exact) mass is 271 g/mol. The van der Waals surface area contributed by atoms with E-state index in [4.69, 9.17) is 0 Å². The molecule has 18 heavy (non-hydrogen) atoms. The summed E-state index contributed by atoms with van der Waals surface area (Å²) in [6, 6.07) is 1.33. The lowest BCUT2D eigenvalue weighted by molar-refractivity contribution is 0.494. The number of aromatic nitrogens is 1. The van der Waals surface area contributed by atoms with Gasteiger partial charge in [-0.25, -0.2) is 18.2 Å². The molecule has 2 rings (SSSR count). The molecule has 0 saturated carbocycles. The van der Waals surface area contributed by atoms with Crippen molar-refractivity contribution < 1.29 is 13.2 Å². The highest BCUT2D eigenvalue weighted by Gasteiger charge is 2.09. The lowest BCUT2D eigenvalue weighted by Crippen LogP contribution is -1.97. The van der Waals surface area contributed by atoms with Crippen molar-refractivity contribution in [2.24, 2.45) is 5.10 Å². The standard InChI is InChI=1S/C11H8F3N3S/c1-6-5-18-11(16-6)17-15-4-7-2-8(12)3-9(13)10(7)14/h2-5H,1H3,(H,16,17). The fraction of sp³-hybridized carbons (Fsp3) is 0.0909. The Hall–Kier alpha value is -1.89. The Balaban J connectivity index is 2.14. The van der Waals surface area contributed by atoms with E-state index < -0.39 is 17.5 Å². The molecule has 0 spiro atoms. The molecule has 1 heterocycles. The van der Waals surface area contributed by atoms with Gasteiger partial charge in [-0.05, 0) is 13.0 Å². The van der Waals surface area contributed by atoms with Crippen molar-refractivity contribution in [3.8, 4) is 0 Å². The van der Waals surface area contributed by atoms with E-state index in [0.717, 1.165) is 18.0 Å². The zero-order valence-electron chi connectivity index (χ0n) is 9.25. The first-order valence-electron chi connectivity index (χ1n) is 4.92. The van der Waals surface area contributed by atoms with Gasteiger partial charge in [-0.1, -0.05) is 0 Å². The third-order valence-corrected chi connectivity index (χ3v) is 2.87. The zero-order chi connectivity index (χ0) is 13.1. The van der Waals surface area contributed by atoms with Crippen LogP contribution in [0.4, 0.5) is 18.3 Å². The average Bonchev–Trinajstić information content (AvgIpc) is 2.71. The van der Waals surface area contributed by atoms with E-state index in [1.807, 2.05) is 6.92 Å². The van der Waals surface area contributed by atoms with Gasteiger partial charge in [0.25, 0.3) is 0 Å². The van der Waals surface area contributed by atoms with E-state index in [0.29, 0.717) is 11.2 Å². The second-order valence-electron chi connectivity index (χ2n) is 3.45. The molecule has 0 unspecified atom stereocenters. The number of rotatable bonds is 3. The molecule has 1 aromatic carbocycles. The summed E-state index contributed by atoms with van der Waals surface area (Å²) in [4.78, 5) is 4.05. The first kappa shape index (κ1) is 12.6. The molecule has 0 fully saturated rings. The van der Waals surface area contributed by atoms with Crippen LogP contribution >= 0.6 is 11.3 Å². The molecule has 1 aromatic heterocycles. The number of hydrogen-bond donors (Lipinski definition) is 1. The van der Waals surface area contributed by atoms with Crippen molar-refractivity contribution >= 4 is 22.7 Å². The average molecular weight is 271 g/mol. The molecule has 94 valence electrons. The summed E-state index contributed by atoms with van der Waals surface area (Å²) in [5.74, 6) is -3.25. The van der Waals surface area contributed by atoms with Crippen LogP contribution in [-0.4, -0.2) is 11.2 Å². The molecule has 0 bridgehead atoms. The Morgan fingerprint density at radius 3 is 2.78 bits per heavy atom. The van der Waals surface area contributed by atoms with Crippen molar-refractivity contribution in [1.82, 2.24) is 4.98 Å². The predicted octanol–water partition coefficient (Wildman–Crippen LogP) is 3.31. The van der Waals surface area contributed by atoms with Crippen molar-refractivity contribution in [1.29, 1.82) is 0 Å². The summed E-state index contributed by atoms with van der Waals surface area (Å²) < 4.78 is 39.0. The number of halogens is 3. The van der Waals surface area contributed by atoms with Crippen molar-refractivity contribution in [2.75, 3.05) is 5.43 Å². The normalized spacial score (nSPS) is 11.1. The van der Waals surface area contributed by atoms with Crippen molar-refractivity contribution in [3.63, 3.8) is 0 Å². The summed E-state index contributed by atoms with van der Waals surface area (Å²) >= 11 is 1.32. The Kier molecular flexibility index (Phi) is 3.61. The molecule has 0 saturated heterocycles. The summed E-state index contributed by atoms with van der Waals surface area (Å²) in [7, 11) is 0. The number of nitrogens with zero attached hydrogens (tertiary/aromatic N) is 2. The van der Waals surface area contributed by atoms with Crippen LogP contribution in [0.3, 0.4) is 0 Å². The number of benzene rings is 1. The second-order valence-corrected chi connectivity index (χ2v) is 4.31. The Labute approximate surface area is 105 Å². The van der Waals surface area contributed by atoms with Gasteiger partial charge in [-0.2, -0.15) is 5.10 Å². The van der Waals surface area contributed by atoms with E-state index in [-0.39, 0.29) is 5.56 Å². The first-order chi connectivity index (χ1) is 8.56. The summed E-state index contributed by atoms with van der Waals surface area (Å²) in [6.45, 7) is 1.81. The van der Waals surface area contributed by atoms with Crippen LogP contribution in [0.15, 0.2) is 22.6 Å². The zero-order valence-corrected chi connectivity index (χ0v) is 10.1. The van der Waals surface area contributed by atoms with E-state index in [9.17, 15) is 13.2 Å². The van der Waals surface area contributed by atoms with Crippen LogP contribution in [0.5, 0.6) is 0 Å². The Bertz CT molecular complexity index is 595. The number of hydrogen-bond acceptors (Lipinski definition) is 4. The van der Waals surface area contributed by atoms with Gasteiger partial charge in [0.2, 0.25) is 5.13 Å². The van der Waals surface area contributed by atoms with Crippen LogP contribution in [0.2, 0.25) is 0 Å². The molecule has 0 atom stereocenters. The lowest BCUT2D eigenvalue weighted by Gasteiger charge is -1.98. The van der Waals surface area contributed by atoms with Gasteiger partial charge in [0.15, 0.2) is 11.6 Å².